The molecule has 7 heteroatoms. The third kappa shape index (κ3) is 2.80. The van der Waals surface area contributed by atoms with Crippen molar-refractivity contribution in [3.8, 4) is 0 Å². The lowest BCUT2D eigenvalue weighted by molar-refractivity contribution is -0.130. The second-order valence-corrected chi connectivity index (χ2v) is 7.40. The number of nitrogens with zero attached hydrogens (tertiary/aromatic N) is 4. The molecule has 1 aliphatic carbocycles. The number of hydrogen-bond acceptors (Lipinski definition) is 4. The van der Waals surface area contributed by atoms with Gasteiger partial charge in [-0.3, -0.25) is 9.59 Å². The smallest absolute Gasteiger partial charge is 0.225 e. The van der Waals surface area contributed by atoms with Crippen molar-refractivity contribution in [3.63, 3.8) is 0 Å². The molecule has 1 N–H and O–H groups in total. The molecule has 2 atom stereocenters. The average Bonchev–Trinajstić information content (AvgIpc) is 3.28. The third-order valence-corrected chi connectivity index (χ3v) is 5.77. The molecule has 0 aromatic carbocycles. The van der Waals surface area contributed by atoms with E-state index in [0.29, 0.717) is 19.0 Å². The zero-order valence-electron chi connectivity index (χ0n) is 14.2. The van der Waals surface area contributed by atoms with Crippen molar-refractivity contribution in [1.29, 1.82) is 0 Å². The number of fused-ring (bicyclic) bond motifs is 1. The maximum Gasteiger partial charge on any atom is 0.225 e. The summed E-state index contributed by atoms with van der Waals surface area (Å²) in [4.78, 5) is 26.8. The Morgan fingerprint density at radius 2 is 1.96 bits per heavy atom. The summed E-state index contributed by atoms with van der Waals surface area (Å²) in [5, 5.41) is 11.4. The maximum atomic E-state index is 12.6. The molecular weight excluding hydrogens is 306 g/mol. The highest BCUT2D eigenvalue weighted by Crippen LogP contribution is 2.29. The van der Waals surface area contributed by atoms with E-state index in [0.717, 1.165) is 43.9 Å². The Morgan fingerprint density at radius 3 is 2.75 bits per heavy atom. The van der Waals surface area contributed by atoms with E-state index in [2.05, 4.69) is 20.1 Å². The molecule has 4 rings (SSSR count). The van der Waals surface area contributed by atoms with Crippen molar-refractivity contribution >= 4 is 11.8 Å². The van der Waals surface area contributed by atoms with E-state index in [4.69, 9.17) is 0 Å². The van der Waals surface area contributed by atoms with Crippen LogP contribution >= 0.6 is 0 Å². The minimum atomic E-state index is -0.193. The average molecular weight is 331 g/mol. The van der Waals surface area contributed by atoms with Crippen LogP contribution in [0.2, 0.25) is 0 Å². The molecular formula is C17H25N5O2. The largest absolute Gasteiger partial charge is 0.351 e. The predicted octanol–water partition coefficient (Wildman–Crippen LogP) is 0.809. The van der Waals surface area contributed by atoms with Gasteiger partial charge in [0.1, 0.15) is 11.6 Å². The highest BCUT2D eigenvalue weighted by Gasteiger charge is 2.39. The number of rotatable bonds is 3. The highest BCUT2D eigenvalue weighted by atomic mass is 16.2. The lowest BCUT2D eigenvalue weighted by Crippen LogP contribution is -2.44. The molecule has 0 unspecified atom stereocenters. The molecule has 1 saturated carbocycles. The van der Waals surface area contributed by atoms with Crippen LogP contribution in [0.5, 0.6) is 0 Å². The Labute approximate surface area is 141 Å². The number of carbonyl (C=O) groups excluding carboxylic acids is 2. The molecule has 2 amide bonds. The Morgan fingerprint density at radius 1 is 1.17 bits per heavy atom. The van der Waals surface area contributed by atoms with Gasteiger partial charge in [-0.15, -0.1) is 10.2 Å². The van der Waals surface area contributed by atoms with E-state index in [1.165, 1.54) is 12.8 Å². The number of amides is 2. The quantitative estimate of drug-likeness (QED) is 0.889. The summed E-state index contributed by atoms with van der Waals surface area (Å²) in [5.41, 5.74) is 0. The Kier molecular flexibility index (Phi) is 4.02. The van der Waals surface area contributed by atoms with Gasteiger partial charge >= 0.3 is 0 Å². The van der Waals surface area contributed by atoms with E-state index in [1.54, 1.807) is 0 Å². The Hall–Kier alpha value is -1.92. The summed E-state index contributed by atoms with van der Waals surface area (Å²) in [6.07, 6.45) is 6.69. The van der Waals surface area contributed by atoms with Gasteiger partial charge in [-0.25, -0.2) is 0 Å². The first-order valence-electron chi connectivity index (χ1n) is 9.10. The number of aromatic nitrogens is 3. The normalized spacial score (nSPS) is 27.5. The number of hydrogen-bond donors (Lipinski definition) is 1. The van der Waals surface area contributed by atoms with Crippen molar-refractivity contribution in [1.82, 2.24) is 25.0 Å². The van der Waals surface area contributed by atoms with Gasteiger partial charge in [-0.2, -0.15) is 0 Å². The van der Waals surface area contributed by atoms with Gasteiger partial charge in [0.25, 0.3) is 0 Å². The molecule has 0 bridgehead atoms. The van der Waals surface area contributed by atoms with Gasteiger partial charge in [0.05, 0.1) is 5.92 Å². The molecule has 24 heavy (non-hydrogen) atoms. The van der Waals surface area contributed by atoms with Crippen molar-refractivity contribution in [2.75, 3.05) is 6.54 Å². The fourth-order valence-electron chi connectivity index (χ4n) is 4.38. The van der Waals surface area contributed by atoms with Crippen LogP contribution < -0.4 is 5.32 Å². The molecule has 2 fully saturated rings. The summed E-state index contributed by atoms with van der Waals surface area (Å²) in [6, 6.07) is 0.475. The first-order valence-corrected chi connectivity index (χ1v) is 9.10. The van der Waals surface area contributed by atoms with Crippen LogP contribution in [-0.2, 0) is 22.6 Å². The molecule has 1 aromatic heterocycles. The van der Waals surface area contributed by atoms with Crippen molar-refractivity contribution in [2.24, 2.45) is 5.92 Å². The molecule has 3 aliphatic rings. The van der Waals surface area contributed by atoms with Crippen molar-refractivity contribution in [3.05, 3.63) is 11.6 Å². The van der Waals surface area contributed by atoms with Gasteiger partial charge in [0, 0.05) is 38.0 Å². The van der Waals surface area contributed by atoms with Crippen molar-refractivity contribution in [2.45, 2.75) is 70.5 Å². The van der Waals surface area contributed by atoms with Crippen LogP contribution in [0, 0.1) is 12.8 Å². The predicted molar refractivity (Wildman–Crippen MR) is 87.1 cm³/mol. The van der Waals surface area contributed by atoms with Crippen LogP contribution in [0.15, 0.2) is 0 Å². The molecule has 130 valence electrons. The second-order valence-electron chi connectivity index (χ2n) is 7.40. The first-order chi connectivity index (χ1) is 11.6. The standard InChI is InChI=1S/C17H25N5O2/c1-11-19-20-15-7-6-13(10-21(11)15)18-17(24)12-8-16(23)22(9-12)14-4-2-3-5-14/h12-14H,2-10H2,1H3,(H,18,24)/t12-,13-/m0/s1. The Balaban J connectivity index is 1.35. The van der Waals surface area contributed by atoms with Crippen molar-refractivity contribution < 1.29 is 9.59 Å². The van der Waals surface area contributed by atoms with Gasteiger partial charge in [-0.05, 0) is 26.2 Å². The summed E-state index contributed by atoms with van der Waals surface area (Å²) in [6.45, 7) is 3.27. The lowest BCUT2D eigenvalue weighted by Gasteiger charge is -2.27. The zero-order valence-corrected chi connectivity index (χ0v) is 14.2. The van der Waals surface area contributed by atoms with Gasteiger partial charge in [0.15, 0.2) is 0 Å². The SMILES string of the molecule is Cc1nnc2n1C[C@@H](NC(=O)[C@H]1CC(=O)N(C3CCCC3)C1)CC2. The molecule has 7 nitrogen and oxygen atoms in total. The third-order valence-electron chi connectivity index (χ3n) is 5.77. The molecule has 3 heterocycles. The van der Waals surface area contributed by atoms with E-state index < -0.39 is 0 Å². The van der Waals surface area contributed by atoms with Gasteiger partial charge < -0.3 is 14.8 Å². The fourth-order valence-corrected chi connectivity index (χ4v) is 4.38. The molecule has 1 aromatic rings. The second kappa shape index (κ2) is 6.18. The molecule has 0 radical (unpaired) electrons. The number of aryl methyl sites for hydroxylation is 2. The van der Waals surface area contributed by atoms with Crippen LogP contribution in [0.4, 0.5) is 0 Å². The van der Waals surface area contributed by atoms with Crippen LogP contribution in [0.25, 0.3) is 0 Å². The summed E-state index contributed by atoms with van der Waals surface area (Å²) < 4.78 is 2.08. The fraction of sp³-hybridized carbons (Fsp3) is 0.765. The molecule has 2 aliphatic heterocycles. The van der Waals surface area contributed by atoms with Gasteiger partial charge in [0.2, 0.25) is 11.8 Å². The minimum absolute atomic E-state index is 0.0306. The monoisotopic (exact) mass is 331 g/mol. The number of carbonyl (C=O) groups is 2. The van der Waals surface area contributed by atoms with Crippen LogP contribution in [0.3, 0.4) is 0 Å². The highest BCUT2D eigenvalue weighted by molar-refractivity contribution is 5.89. The lowest BCUT2D eigenvalue weighted by atomic mass is 10.0. The number of nitrogens with one attached hydrogen (secondary N) is 1. The first kappa shape index (κ1) is 15.6. The van der Waals surface area contributed by atoms with Gasteiger partial charge in [-0.1, -0.05) is 12.8 Å². The minimum Gasteiger partial charge on any atom is -0.351 e. The molecule has 0 spiro atoms. The number of likely N-dealkylation sites (tertiary alicyclic amines) is 1. The van der Waals surface area contributed by atoms with E-state index in [1.807, 2.05) is 11.8 Å². The van der Waals surface area contributed by atoms with E-state index in [-0.39, 0.29) is 23.8 Å². The molecule has 1 saturated heterocycles. The summed E-state index contributed by atoms with van der Waals surface area (Å²) >= 11 is 0. The van der Waals surface area contributed by atoms with E-state index in [9.17, 15) is 9.59 Å². The topological polar surface area (TPSA) is 80.1 Å². The maximum absolute atomic E-state index is 12.6. The van der Waals surface area contributed by atoms with Crippen LogP contribution in [0.1, 0.15) is 50.2 Å². The summed E-state index contributed by atoms with van der Waals surface area (Å²) in [7, 11) is 0. The van der Waals surface area contributed by atoms with Crippen LogP contribution in [-0.4, -0.2) is 50.1 Å². The zero-order chi connectivity index (χ0) is 16.7. The van der Waals surface area contributed by atoms with E-state index >= 15 is 0 Å². The Bertz CT molecular complexity index is 649. The summed E-state index contributed by atoms with van der Waals surface area (Å²) in [5.74, 6) is 1.89.